The third kappa shape index (κ3) is 3.67. The quantitative estimate of drug-likeness (QED) is 0.693. The van der Waals surface area contributed by atoms with Gasteiger partial charge in [0.05, 0.1) is 11.4 Å². The second kappa shape index (κ2) is 8.14. The van der Waals surface area contributed by atoms with E-state index in [0.29, 0.717) is 23.7 Å². The second-order valence-corrected chi connectivity index (χ2v) is 8.04. The Morgan fingerprint density at radius 2 is 2.18 bits per heavy atom. The van der Waals surface area contributed by atoms with Crippen LogP contribution in [0.2, 0.25) is 0 Å². The van der Waals surface area contributed by atoms with Crippen molar-refractivity contribution in [2.75, 3.05) is 24.5 Å². The standard InChI is InChI=1S/C21H24N4O2S/c1-2-10-22-19(26)15-9-6-11-25(12-15)21-23-17-16(14-7-4-3-5-8-14)13-28-18(17)20(27)24-21/h3-5,7-8,13,15H,2,6,9-12H2,1H3,(H,22,26)(H,23,24,27)/t15-/m0/s1. The molecule has 0 spiro atoms. The van der Waals surface area contributed by atoms with Gasteiger partial charge in [0.1, 0.15) is 4.70 Å². The number of hydrogen-bond donors (Lipinski definition) is 2. The highest BCUT2D eigenvalue weighted by molar-refractivity contribution is 7.17. The highest BCUT2D eigenvalue weighted by Crippen LogP contribution is 2.32. The van der Waals surface area contributed by atoms with Crippen LogP contribution in [0.3, 0.4) is 0 Å². The van der Waals surface area contributed by atoms with E-state index in [0.717, 1.165) is 42.5 Å². The van der Waals surface area contributed by atoms with Gasteiger partial charge in [0.2, 0.25) is 11.9 Å². The zero-order valence-electron chi connectivity index (χ0n) is 15.9. The Labute approximate surface area is 167 Å². The molecular weight excluding hydrogens is 372 g/mol. The molecule has 2 aromatic heterocycles. The molecule has 3 heterocycles. The van der Waals surface area contributed by atoms with Crippen molar-refractivity contribution >= 4 is 33.4 Å². The first-order chi connectivity index (χ1) is 13.7. The number of rotatable bonds is 5. The van der Waals surface area contributed by atoms with E-state index >= 15 is 0 Å². The lowest BCUT2D eigenvalue weighted by Crippen LogP contribution is -2.44. The van der Waals surface area contributed by atoms with Crippen LogP contribution in [-0.4, -0.2) is 35.5 Å². The molecule has 1 atom stereocenters. The van der Waals surface area contributed by atoms with E-state index in [9.17, 15) is 9.59 Å². The minimum absolute atomic E-state index is 0.0719. The molecular formula is C21H24N4O2S. The largest absolute Gasteiger partial charge is 0.356 e. The molecule has 7 heteroatoms. The fourth-order valence-electron chi connectivity index (χ4n) is 3.66. The van der Waals surface area contributed by atoms with Crippen LogP contribution in [-0.2, 0) is 4.79 Å². The van der Waals surface area contributed by atoms with Gasteiger partial charge >= 0.3 is 0 Å². The number of nitrogens with zero attached hydrogens (tertiary/aromatic N) is 2. The van der Waals surface area contributed by atoms with Crippen molar-refractivity contribution in [3.8, 4) is 11.1 Å². The number of carbonyl (C=O) groups excluding carboxylic acids is 1. The molecule has 1 fully saturated rings. The lowest BCUT2D eigenvalue weighted by atomic mass is 9.97. The molecule has 1 aliphatic heterocycles. The molecule has 2 N–H and O–H groups in total. The van der Waals surface area contributed by atoms with Crippen molar-refractivity contribution in [1.82, 2.24) is 15.3 Å². The van der Waals surface area contributed by atoms with E-state index < -0.39 is 0 Å². The third-order valence-corrected chi connectivity index (χ3v) is 6.11. The summed E-state index contributed by atoms with van der Waals surface area (Å²) in [5.41, 5.74) is 2.63. The number of nitrogens with one attached hydrogen (secondary N) is 2. The number of carbonyl (C=O) groups is 1. The van der Waals surface area contributed by atoms with E-state index in [1.165, 1.54) is 11.3 Å². The fraction of sp³-hybridized carbons (Fsp3) is 0.381. The average molecular weight is 397 g/mol. The number of amides is 1. The van der Waals surface area contributed by atoms with E-state index in [1.807, 2.05) is 47.5 Å². The van der Waals surface area contributed by atoms with Gasteiger partial charge in [-0.05, 0) is 24.8 Å². The number of anilines is 1. The number of benzene rings is 1. The molecule has 0 bridgehead atoms. The van der Waals surface area contributed by atoms with Crippen molar-refractivity contribution in [3.05, 3.63) is 46.1 Å². The Morgan fingerprint density at radius 3 is 2.96 bits per heavy atom. The maximum atomic E-state index is 12.7. The van der Waals surface area contributed by atoms with Gasteiger partial charge in [0, 0.05) is 30.6 Å². The first-order valence-corrected chi connectivity index (χ1v) is 10.6. The summed E-state index contributed by atoms with van der Waals surface area (Å²) in [6.07, 6.45) is 2.70. The molecule has 3 aromatic rings. The van der Waals surface area contributed by atoms with E-state index in [-0.39, 0.29) is 17.4 Å². The molecule has 6 nitrogen and oxygen atoms in total. The van der Waals surface area contributed by atoms with Gasteiger partial charge < -0.3 is 10.2 Å². The lowest BCUT2D eigenvalue weighted by Gasteiger charge is -2.32. The zero-order chi connectivity index (χ0) is 19.5. The zero-order valence-corrected chi connectivity index (χ0v) is 16.7. The molecule has 1 aromatic carbocycles. The van der Waals surface area contributed by atoms with Gasteiger partial charge in [-0.1, -0.05) is 37.3 Å². The summed E-state index contributed by atoms with van der Waals surface area (Å²) >= 11 is 1.42. The Bertz CT molecular complexity index is 1030. The van der Waals surface area contributed by atoms with Crippen LogP contribution in [0.4, 0.5) is 5.95 Å². The summed E-state index contributed by atoms with van der Waals surface area (Å²) in [6.45, 7) is 4.11. The van der Waals surface area contributed by atoms with Crippen LogP contribution in [0.1, 0.15) is 26.2 Å². The molecule has 0 saturated carbocycles. The molecule has 0 aliphatic carbocycles. The molecule has 28 heavy (non-hydrogen) atoms. The van der Waals surface area contributed by atoms with Gasteiger partial charge in [-0.3, -0.25) is 14.6 Å². The van der Waals surface area contributed by atoms with Crippen molar-refractivity contribution in [2.45, 2.75) is 26.2 Å². The summed E-state index contributed by atoms with van der Waals surface area (Å²) < 4.78 is 0.636. The number of aromatic amines is 1. The van der Waals surface area contributed by atoms with E-state index in [4.69, 9.17) is 4.98 Å². The first kappa shape index (κ1) is 18.7. The second-order valence-electron chi connectivity index (χ2n) is 7.16. The van der Waals surface area contributed by atoms with Gasteiger partial charge in [0.25, 0.3) is 5.56 Å². The van der Waals surface area contributed by atoms with Crippen molar-refractivity contribution in [1.29, 1.82) is 0 Å². The van der Waals surface area contributed by atoms with Gasteiger partial charge in [0.15, 0.2) is 0 Å². The van der Waals surface area contributed by atoms with Crippen LogP contribution < -0.4 is 15.8 Å². The highest BCUT2D eigenvalue weighted by Gasteiger charge is 2.27. The predicted molar refractivity (Wildman–Crippen MR) is 114 cm³/mol. The smallest absolute Gasteiger partial charge is 0.270 e. The molecule has 4 rings (SSSR count). The summed E-state index contributed by atoms with van der Waals surface area (Å²) in [7, 11) is 0. The molecule has 1 saturated heterocycles. The van der Waals surface area contributed by atoms with Gasteiger partial charge in [-0.15, -0.1) is 11.3 Å². The van der Waals surface area contributed by atoms with Crippen LogP contribution in [0.5, 0.6) is 0 Å². The van der Waals surface area contributed by atoms with E-state index in [2.05, 4.69) is 10.3 Å². The van der Waals surface area contributed by atoms with Gasteiger partial charge in [-0.25, -0.2) is 4.98 Å². The minimum atomic E-state index is -0.121. The number of piperidine rings is 1. The monoisotopic (exact) mass is 396 g/mol. The van der Waals surface area contributed by atoms with Crippen LogP contribution in [0, 0.1) is 5.92 Å². The Balaban J connectivity index is 1.65. The maximum Gasteiger partial charge on any atom is 0.270 e. The van der Waals surface area contributed by atoms with Crippen LogP contribution in [0.25, 0.3) is 21.3 Å². The number of fused-ring (bicyclic) bond motifs is 1. The molecule has 0 unspecified atom stereocenters. The molecule has 1 amide bonds. The normalized spacial score (nSPS) is 17.0. The highest BCUT2D eigenvalue weighted by atomic mass is 32.1. The predicted octanol–water partition coefficient (Wildman–Crippen LogP) is 3.39. The average Bonchev–Trinajstić information content (AvgIpc) is 3.17. The number of H-pyrrole nitrogens is 1. The Hall–Kier alpha value is -2.67. The summed E-state index contributed by atoms with van der Waals surface area (Å²) in [5, 5.41) is 4.97. The first-order valence-electron chi connectivity index (χ1n) is 9.77. The minimum Gasteiger partial charge on any atom is -0.356 e. The fourth-order valence-corrected chi connectivity index (χ4v) is 4.57. The third-order valence-electron chi connectivity index (χ3n) is 5.14. The molecule has 146 valence electrons. The SMILES string of the molecule is CCCNC(=O)[C@H]1CCCN(c2nc3c(-c4ccccc4)csc3c(=O)[nH]2)C1. The summed E-state index contributed by atoms with van der Waals surface area (Å²) in [6, 6.07) is 9.99. The molecule has 1 aliphatic rings. The van der Waals surface area contributed by atoms with Crippen LogP contribution in [0.15, 0.2) is 40.5 Å². The number of thiophene rings is 1. The maximum absolute atomic E-state index is 12.7. The van der Waals surface area contributed by atoms with Gasteiger partial charge in [-0.2, -0.15) is 0 Å². The summed E-state index contributed by atoms with van der Waals surface area (Å²) in [4.78, 5) is 34.8. The van der Waals surface area contributed by atoms with Crippen molar-refractivity contribution in [3.63, 3.8) is 0 Å². The number of aromatic nitrogens is 2. The lowest BCUT2D eigenvalue weighted by molar-refractivity contribution is -0.125. The summed E-state index contributed by atoms with van der Waals surface area (Å²) in [5.74, 6) is 0.578. The van der Waals surface area contributed by atoms with Crippen molar-refractivity contribution < 1.29 is 4.79 Å². The Morgan fingerprint density at radius 1 is 1.36 bits per heavy atom. The van der Waals surface area contributed by atoms with Crippen LogP contribution >= 0.6 is 11.3 Å². The molecule has 0 radical (unpaired) electrons. The van der Waals surface area contributed by atoms with Crippen molar-refractivity contribution in [2.24, 2.45) is 5.92 Å². The number of hydrogen-bond acceptors (Lipinski definition) is 5. The topological polar surface area (TPSA) is 78.1 Å². The Kier molecular flexibility index (Phi) is 5.43. The van der Waals surface area contributed by atoms with E-state index in [1.54, 1.807) is 0 Å².